The molecule has 0 saturated heterocycles. The van der Waals surface area contributed by atoms with Gasteiger partial charge >= 0.3 is 0 Å². The first-order valence-corrected chi connectivity index (χ1v) is 6.13. The fourth-order valence-corrected chi connectivity index (χ4v) is 2.07. The molecule has 2 rings (SSSR count). The van der Waals surface area contributed by atoms with Crippen LogP contribution in [0.3, 0.4) is 0 Å². The Labute approximate surface area is 108 Å². The van der Waals surface area contributed by atoms with Crippen LogP contribution in [0.1, 0.15) is 24.1 Å². The lowest BCUT2D eigenvalue weighted by Gasteiger charge is -2.24. The van der Waals surface area contributed by atoms with Gasteiger partial charge < -0.3 is 10.6 Å². The average Bonchev–Trinajstić information content (AvgIpc) is 2.40. The molecule has 0 aliphatic carbocycles. The Hall–Kier alpha value is -1.87. The van der Waals surface area contributed by atoms with Crippen LogP contribution in [0.2, 0.25) is 0 Å². The Morgan fingerprint density at radius 1 is 1.17 bits per heavy atom. The molecule has 0 radical (unpaired) electrons. The highest BCUT2D eigenvalue weighted by molar-refractivity contribution is 5.54. The zero-order chi connectivity index (χ0) is 13.0. The predicted octanol–water partition coefficient (Wildman–Crippen LogP) is 2.74. The minimum atomic E-state index is 0.0427. The quantitative estimate of drug-likeness (QED) is 0.895. The van der Waals surface area contributed by atoms with Gasteiger partial charge in [0.15, 0.2) is 0 Å². The number of rotatable bonds is 4. The topological polar surface area (TPSA) is 42.1 Å². The first kappa shape index (κ1) is 12.6. The smallest absolute Gasteiger partial charge is 0.0427 e. The monoisotopic (exact) mass is 241 g/mol. The van der Waals surface area contributed by atoms with E-state index in [2.05, 4.69) is 29.1 Å². The summed E-state index contributed by atoms with van der Waals surface area (Å²) < 4.78 is 0. The summed E-state index contributed by atoms with van der Waals surface area (Å²) in [6, 6.07) is 12.4. The normalized spacial score (nSPS) is 12.2. The number of hydrogen-bond donors (Lipinski definition) is 1. The predicted molar refractivity (Wildman–Crippen MR) is 75.4 cm³/mol. The lowest BCUT2D eigenvalue weighted by atomic mass is 10.1. The number of aromatic nitrogens is 1. The van der Waals surface area contributed by atoms with Crippen LogP contribution in [0.15, 0.2) is 48.8 Å². The van der Waals surface area contributed by atoms with Gasteiger partial charge in [-0.2, -0.15) is 0 Å². The van der Waals surface area contributed by atoms with Gasteiger partial charge in [-0.3, -0.25) is 4.98 Å². The second-order valence-electron chi connectivity index (χ2n) is 4.56. The van der Waals surface area contributed by atoms with E-state index >= 15 is 0 Å². The summed E-state index contributed by atoms with van der Waals surface area (Å²) >= 11 is 0. The van der Waals surface area contributed by atoms with Crippen LogP contribution in [0, 0.1) is 0 Å². The fraction of sp³-hybridized carbons (Fsp3) is 0.267. The molecule has 0 saturated carbocycles. The number of benzene rings is 1. The van der Waals surface area contributed by atoms with Crippen molar-refractivity contribution in [2.75, 3.05) is 11.9 Å². The van der Waals surface area contributed by atoms with Crippen LogP contribution in [0.5, 0.6) is 0 Å². The molecule has 1 atom stereocenters. The van der Waals surface area contributed by atoms with Crippen molar-refractivity contribution in [3.8, 4) is 0 Å². The molecule has 94 valence electrons. The summed E-state index contributed by atoms with van der Waals surface area (Å²) in [5, 5.41) is 0. The Balaban J connectivity index is 2.21. The number of para-hydroxylation sites is 1. The summed E-state index contributed by atoms with van der Waals surface area (Å²) in [7, 11) is 2.08. The molecular weight excluding hydrogens is 222 g/mol. The van der Waals surface area contributed by atoms with Crippen molar-refractivity contribution in [3.05, 3.63) is 59.9 Å². The van der Waals surface area contributed by atoms with Crippen LogP contribution in [-0.2, 0) is 6.54 Å². The van der Waals surface area contributed by atoms with Gasteiger partial charge in [-0.05, 0) is 36.2 Å². The first-order valence-electron chi connectivity index (χ1n) is 6.13. The molecule has 3 nitrogen and oxygen atoms in total. The third-order valence-corrected chi connectivity index (χ3v) is 3.01. The van der Waals surface area contributed by atoms with Gasteiger partial charge in [0.2, 0.25) is 0 Å². The molecule has 0 spiro atoms. The number of pyridine rings is 1. The van der Waals surface area contributed by atoms with E-state index in [1.54, 1.807) is 0 Å². The van der Waals surface area contributed by atoms with E-state index in [1.165, 1.54) is 16.8 Å². The molecule has 0 amide bonds. The minimum absolute atomic E-state index is 0.0427. The third-order valence-electron chi connectivity index (χ3n) is 3.01. The van der Waals surface area contributed by atoms with Gasteiger partial charge in [-0.15, -0.1) is 0 Å². The zero-order valence-electron chi connectivity index (χ0n) is 10.9. The first-order chi connectivity index (χ1) is 8.68. The Morgan fingerprint density at radius 2 is 1.83 bits per heavy atom. The van der Waals surface area contributed by atoms with Crippen molar-refractivity contribution in [1.82, 2.24) is 4.98 Å². The maximum absolute atomic E-state index is 6.01. The van der Waals surface area contributed by atoms with Gasteiger partial charge in [0.05, 0.1) is 0 Å². The van der Waals surface area contributed by atoms with Crippen molar-refractivity contribution in [1.29, 1.82) is 0 Å². The van der Waals surface area contributed by atoms with Gasteiger partial charge in [-0.1, -0.05) is 18.2 Å². The minimum Gasteiger partial charge on any atom is -0.370 e. The molecule has 1 aromatic heterocycles. The van der Waals surface area contributed by atoms with Crippen molar-refractivity contribution in [2.24, 2.45) is 5.73 Å². The summed E-state index contributed by atoms with van der Waals surface area (Å²) in [6.07, 6.45) is 3.64. The van der Waals surface area contributed by atoms with E-state index in [9.17, 15) is 0 Å². The second-order valence-corrected chi connectivity index (χ2v) is 4.56. The molecule has 0 aliphatic rings. The lowest BCUT2D eigenvalue weighted by Crippen LogP contribution is -2.20. The molecule has 18 heavy (non-hydrogen) atoms. The average molecular weight is 241 g/mol. The third kappa shape index (κ3) is 2.87. The molecule has 3 heteroatoms. The van der Waals surface area contributed by atoms with E-state index in [-0.39, 0.29) is 6.04 Å². The van der Waals surface area contributed by atoms with Crippen molar-refractivity contribution >= 4 is 5.69 Å². The Bertz CT molecular complexity index is 494. The van der Waals surface area contributed by atoms with Crippen molar-refractivity contribution in [3.63, 3.8) is 0 Å². The summed E-state index contributed by atoms with van der Waals surface area (Å²) in [5.74, 6) is 0. The van der Waals surface area contributed by atoms with E-state index in [0.717, 1.165) is 6.54 Å². The molecule has 0 bridgehead atoms. The van der Waals surface area contributed by atoms with Gasteiger partial charge in [-0.25, -0.2) is 0 Å². The number of nitrogens with two attached hydrogens (primary N) is 1. The van der Waals surface area contributed by atoms with Gasteiger partial charge in [0, 0.05) is 37.7 Å². The van der Waals surface area contributed by atoms with Crippen LogP contribution >= 0.6 is 0 Å². The molecule has 1 aromatic carbocycles. The molecule has 1 heterocycles. The fourth-order valence-electron chi connectivity index (χ4n) is 2.07. The van der Waals surface area contributed by atoms with Crippen LogP contribution < -0.4 is 10.6 Å². The summed E-state index contributed by atoms with van der Waals surface area (Å²) in [4.78, 5) is 6.25. The van der Waals surface area contributed by atoms with Crippen molar-refractivity contribution in [2.45, 2.75) is 19.5 Å². The van der Waals surface area contributed by atoms with E-state index in [4.69, 9.17) is 5.73 Å². The number of anilines is 1. The Morgan fingerprint density at radius 3 is 2.50 bits per heavy atom. The highest BCUT2D eigenvalue weighted by Crippen LogP contribution is 2.25. The molecule has 0 unspecified atom stereocenters. The number of hydrogen-bond acceptors (Lipinski definition) is 3. The molecule has 2 N–H and O–H groups in total. The maximum atomic E-state index is 6.01. The van der Waals surface area contributed by atoms with Crippen LogP contribution in [0.25, 0.3) is 0 Å². The van der Waals surface area contributed by atoms with Gasteiger partial charge in [0.1, 0.15) is 0 Å². The SMILES string of the molecule is C[C@H](N)c1ccccc1N(C)Cc1ccncc1. The van der Waals surface area contributed by atoms with Crippen LogP contribution in [0.4, 0.5) is 5.69 Å². The number of nitrogens with zero attached hydrogens (tertiary/aromatic N) is 2. The molecule has 2 aromatic rings. The molecular formula is C15H19N3. The van der Waals surface area contributed by atoms with E-state index in [1.807, 2.05) is 43.6 Å². The van der Waals surface area contributed by atoms with Crippen LogP contribution in [-0.4, -0.2) is 12.0 Å². The maximum Gasteiger partial charge on any atom is 0.0427 e. The zero-order valence-corrected chi connectivity index (χ0v) is 10.9. The second kappa shape index (κ2) is 5.65. The summed E-state index contributed by atoms with van der Waals surface area (Å²) in [6.45, 7) is 2.87. The summed E-state index contributed by atoms with van der Waals surface area (Å²) in [5.41, 5.74) is 9.61. The van der Waals surface area contributed by atoms with E-state index in [0.29, 0.717) is 0 Å². The highest BCUT2D eigenvalue weighted by atomic mass is 15.1. The Kier molecular flexibility index (Phi) is 3.95. The standard InChI is InChI=1S/C15H19N3/c1-12(16)14-5-3-4-6-15(14)18(2)11-13-7-9-17-10-8-13/h3-10,12H,11,16H2,1-2H3/t12-/m0/s1. The molecule has 0 aliphatic heterocycles. The van der Waals surface area contributed by atoms with E-state index < -0.39 is 0 Å². The highest BCUT2D eigenvalue weighted by Gasteiger charge is 2.10. The lowest BCUT2D eigenvalue weighted by molar-refractivity contribution is 0.801. The molecule has 0 fully saturated rings. The largest absolute Gasteiger partial charge is 0.370 e. The van der Waals surface area contributed by atoms with Crippen molar-refractivity contribution < 1.29 is 0 Å². The van der Waals surface area contributed by atoms with Gasteiger partial charge in [0.25, 0.3) is 0 Å².